The highest BCUT2D eigenvalue weighted by molar-refractivity contribution is 7.19. The summed E-state index contributed by atoms with van der Waals surface area (Å²) in [6.07, 6.45) is 4.38. The minimum absolute atomic E-state index is 0.0908. The maximum atomic E-state index is 14.5. The molecule has 4 aromatic rings. The van der Waals surface area contributed by atoms with Gasteiger partial charge in [-0.25, -0.2) is 19.3 Å². The Kier molecular flexibility index (Phi) is 4.48. The van der Waals surface area contributed by atoms with E-state index in [4.69, 9.17) is 0 Å². The van der Waals surface area contributed by atoms with Crippen molar-refractivity contribution in [3.05, 3.63) is 46.8 Å². The Balaban J connectivity index is 1.49. The van der Waals surface area contributed by atoms with Crippen LogP contribution in [0, 0.1) is 5.82 Å². The molecule has 146 valence electrons. The van der Waals surface area contributed by atoms with Crippen LogP contribution in [0.3, 0.4) is 0 Å². The van der Waals surface area contributed by atoms with Gasteiger partial charge in [-0.15, -0.1) is 22.7 Å². The number of rotatable bonds is 3. The molecule has 1 aliphatic heterocycles. The van der Waals surface area contributed by atoms with Gasteiger partial charge in [0.1, 0.15) is 22.8 Å². The van der Waals surface area contributed by atoms with Crippen molar-refractivity contribution in [1.82, 2.24) is 19.9 Å². The Morgan fingerprint density at radius 3 is 2.93 bits per heavy atom. The van der Waals surface area contributed by atoms with Gasteiger partial charge in [-0.3, -0.25) is 4.79 Å². The molecular weight excluding hydrogens is 409 g/mol. The minimum atomic E-state index is -0.344. The summed E-state index contributed by atoms with van der Waals surface area (Å²) < 4.78 is 15.3. The monoisotopic (exact) mass is 425 g/mol. The third kappa shape index (κ3) is 3.36. The first-order valence-electron chi connectivity index (χ1n) is 9.08. The lowest BCUT2D eigenvalue weighted by molar-refractivity contribution is -0.128. The lowest BCUT2D eigenvalue weighted by Gasteiger charge is -2.24. The third-order valence-electron chi connectivity index (χ3n) is 4.97. The molecule has 1 aromatic carbocycles. The molecule has 0 radical (unpaired) electrons. The number of fused-ring (bicyclic) bond motifs is 2. The van der Waals surface area contributed by atoms with Gasteiger partial charge in [0.25, 0.3) is 0 Å². The molecule has 0 saturated heterocycles. The Labute approximate surface area is 173 Å². The van der Waals surface area contributed by atoms with Gasteiger partial charge >= 0.3 is 0 Å². The van der Waals surface area contributed by atoms with E-state index in [0.29, 0.717) is 24.6 Å². The quantitative estimate of drug-likeness (QED) is 0.510. The van der Waals surface area contributed by atoms with E-state index in [1.54, 1.807) is 29.8 Å². The number of aromatic nitrogens is 3. The lowest BCUT2D eigenvalue weighted by Crippen LogP contribution is -2.32. The maximum absolute atomic E-state index is 14.5. The van der Waals surface area contributed by atoms with Crippen LogP contribution in [0.5, 0.6) is 0 Å². The van der Waals surface area contributed by atoms with Gasteiger partial charge in [0.15, 0.2) is 0 Å². The van der Waals surface area contributed by atoms with Crippen LogP contribution in [-0.4, -0.2) is 38.8 Å². The van der Waals surface area contributed by atoms with Crippen molar-refractivity contribution in [2.24, 2.45) is 0 Å². The fourth-order valence-electron chi connectivity index (χ4n) is 3.39. The highest BCUT2D eigenvalue weighted by Crippen LogP contribution is 2.36. The van der Waals surface area contributed by atoms with Crippen molar-refractivity contribution in [1.29, 1.82) is 0 Å². The van der Waals surface area contributed by atoms with E-state index in [9.17, 15) is 9.18 Å². The van der Waals surface area contributed by atoms with E-state index in [1.165, 1.54) is 29.3 Å². The number of carbonyl (C=O) groups is 1. The smallest absolute Gasteiger partial charge is 0.219 e. The number of halogens is 1. The molecule has 0 bridgehead atoms. The molecular formula is C20H16FN5OS2. The van der Waals surface area contributed by atoms with Crippen molar-refractivity contribution < 1.29 is 9.18 Å². The molecule has 4 heterocycles. The van der Waals surface area contributed by atoms with Gasteiger partial charge in [0.05, 0.1) is 26.8 Å². The van der Waals surface area contributed by atoms with Gasteiger partial charge in [0, 0.05) is 24.9 Å². The molecule has 1 aliphatic rings. The number of thiazole rings is 1. The molecule has 3 aromatic heterocycles. The van der Waals surface area contributed by atoms with E-state index < -0.39 is 0 Å². The number of anilines is 2. The van der Waals surface area contributed by atoms with E-state index >= 15 is 0 Å². The zero-order chi connectivity index (χ0) is 20.0. The highest BCUT2D eigenvalue weighted by Gasteiger charge is 2.18. The van der Waals surface area contributed by atoms with Crippen molar-refractivity contribution in [2.75, 3.05) is 18.4 Å². The summed E-state index contributed by atoms with van der Waals surface area (Å²) >= 11 is 2.99. The summed E-state index contributed by atoms with van der Waals surface area (Å²) in [4.78, 5) is 28.3. The van der Waals surface area contributed by atoms with Crippen LogP contribution in [0.25, 0.3) is 26.0 Å². The molecule has 0 aliphatic carbocycles. The summed E-state index contributed by atoms with van der Waals surface area (Å²) in [6.45, 7) is 2.92. The normalized spacial score (nSPS) is 14.4. The van der Waals surface area contributed by atoms with Crippen LogP contribution in [0.15, 0.2) is 36.1 Å². The van der Waals surface area contributed by atoms with Crippen LogP contribution >= 0.6 is 22.7 Å². The summed E-state index contributed by atoms with van der Waals surface area (Å²) in [5.74, 6) is 0.309. The van der Waals surface area contributed by atoms with Crippen molar-refractivity contribution in [2.45, 2.75) is 13.3 Å². The number of hydrogen-bond acceptors (Lipinski definition) is 7. The first kappa shape index (κ1) is 18.1. The SMILES string of the molecule is CC(=O)N1CC=C(c2cc3c(Nc4cc5ncsc5cc4F)ncnc3s2)CC1. The van der Waals surface area contributed by atoms with Gasteiger partial charge in [-0.1, -0.05) is 6.08 Å². The van der Waals surface area contributed by atoms with Gasteiger partial charge in [-0.05, 0) is 30.2 Å². The first-order valence-corrected chi connectivity index (χ1v) is 10.8. The van der Waals surface area contributed by atoms with Crippen LogP contribution in [-0.2, 0) is 4.79 Å². The number of benzene rings is 1. The molecule has 29 heavy (non-hydrogen) atoms. The van der Waals surface area contributed by atoms with Crippen LogP contribution in [0.1, 0.15) is 18.2 Å². The van der Waals surface area contributed by atoms with E-state index in [2.05, 4.69) is 26.3 Å². The maximum Gasteiger partial charge on any atom is 0.219 e. The zero-order valence-electron chi connectivity index (χ0n) is 15.5. The van der Waals surface area contributed by atoms with Gasteiger partial charge in [-0.2, -0.15) is 0 Å². The summed E-state index contributed by atoms with van der Waals surface area (Å²) in [5.41, 5.74) is 3.99. The average molecular weight is 426 g/mol. The number of carbonyl (C=O) groups excluding carboxylic acids is 1. The van der Waals surface area contributed by atoms with Crippen molar-refractivity contribution in [3.63, 3.8) is 0 Å². The molecule has 1 amide bonds. The summed E-state index contributed by atoms with van der Waals surface area (Å²) in [7, 11) is 0. The Morgan fingerprint density at radius 2 is 2.14 bits per heavy atom. The number of amides is 1. The highest BCUT2D eigenvalue weighted by atomic mass is 32.1. The number of thiophene rings is 1. The predicted molar refractivity (Wildman–Crippen MR) is 115 cm³/mol. The Hall–Kier alpha value is -2.91. The largest absolute Gasteiger partial charge is 0.339 e. The minimum Gasteiger partial charge on any atom is -0.339 e. The molecule has 0 fully saturated rings. The molecule has 5 rings (SSSR count). The standard InChI is InChI=1S/C20H16FN5OS2/c1-11(27)26-4-2-12(3-5-26)17-6-13-19(22-9-23-20(13)29-17)25-15-8-16-18(7-14(15)21)28-10-24-16/h2,6-10H,3-5H2,1H3,(H,22,23,25). The topological polar surface area (TPSA) is 71.0 Å². The van der Waals surface area contributed by atoms with Crippen LogP contribution in [0.4, 0.5) is 15.9 Å². The van der Waals surface area contributed by atoms with Gasteiger partial charge < -0.3 is 10.2 Å². The number of nitrogens with zero attached hydrogens (tertiary/aromatic N) is 4. The van der Waals surface area contributed by atoms with Crippen molar-refractivity contribution >= 4 is 66.1 Å². The Bertz CT molecular complexity index is 1280. The molecule has 9 heteroatoms. The zero-order valence-corrected chi connectivity index (χ0v) is 17.1. The molecule has 6 nitrogen and oxygen atoms in total. The van der Waals surface area contributed by atoms with Gasteiger partial charge in [0.2, 0.25) is 5.91 Å². The third-order valence-corrected chi connectivity index (χ3v) is 6.88. The Morgan fingerprint density at radius 1 is 1.24 bits per heavy atom. The van der Waals surface area contributed by atoms with E-state index in [-0.39, 0.29) is 11.7 Å². The lowest BCUT2D eigenvalue weighted by atomic mass is 10.1. The van der Waals surface area contributed by atoms with E-state index in [0.717, 1.165) is 31.7 Å². The predicted octanol–water partition coefficient (Wildman–Crippen LogP) is 4.82. The summed E-state index contributed by atoms with van der Waals surface area (Å²) in [5, 5.41) is 3.96. The van der Waals surface area contributed by atoms with E-state index in [1.807, 2.05) is 11.0 Å². The molecule has 0 saturated carbocycles. The second-order valence-electron chi connectivity index (χ2n) is 6.77. The fourth-order valence-corrected chi connectivity index (χ4v) is 5.15. The fraction of sp³-hybridized carbons (Fsp3) is 0.200. The molecule has 0 spiro atoms. The first-order chi connectivity index (χ1) is 14.1. The second kappa shape index (κ2) is 7.16. The number of nitrogens with one attached hydrogen (secondary N) is 1. The number of hydrogen-bond donors (Lipinski definition) is 1. The summed E-state index contributed by atoms with van der Waals surface area (Å²) in [6, 6.07) is 5.22. The average Bonchev–Trinajstić information content (AvgIpc) is 3.35. The molecule has 0 unspecified atom stereocenters. The van der Waals surface area contributed by atoms with Crippen LogP contribution < -0.4 is 5.32 Å². The molecule has 0 atom stereocenters. The molecule has 1 N–H and O–H groups in total. The van der Waals surface area contributed by atoms with Crippen molar-refractivity contribution in [3.8, 4) is 0 Å². The second-order valence-corrected chi connectivity index (χ2v) is 8.69. The van der Waals surface area contributed by atoms with Crippen LogP contribution in [0.2, 0.25) is 0 Å².